The Morgan fingerprint density at radius 2 is 1.68 bits per heavy atom. The molecule has 0 bridgehead atoms. The van der Waals surface area contributed by atoms with Crippen LogP contribution in [0.2, 0.25) is 0 Å². The van der Waals surface area contributed by atoms with Gasteiger partial charge in [-0.15, -0.1) is 0 Å². The topological polar surface area (TPSA) is 40.5 Å². The van der Waals surface area contributed by atoms with Crippen LogP contribution in [0.25, 0.3) is 11.1 Å². The van der Waals surface area contributed by atoms with Gasteiger partial charge >= 0.3 is 5.97 Å². The van der Waals surface area contributed by atoms with Crippen molar-refractivity contribution in [2.75, 3.05) is 13.6 Å². The molecule has 0 saturated carbocycles. The van der Waals surface area contributed by atoms with Gasteiger partial charge in [-0.1, -0.05) is 54.6 Å². The van der Waals surface area contributed by atoms with Gasteiger partial charge in [0.05, 0.1) is 0 Å². The first-order chi connectivity index (χ1) is 10.7. The monoisotopic (exact) mass is 297 g/mol. The second kappa shape index (κ2) is 8.35. The Kier molecular flexibility index (Phi) is 6.16. The fraction of sp³-hybridized carbons (Fsp3) is 0.316. The summed E-state index contributed by atoms with van der Waals surface area (Å²) in [6, 6.07) is 18.9. The molecule has 0 radical (unpaired) electrons. The largest absolute Gasteiger partial charge is 0.481 e. The first-order valence-electron chi connectivity index (χ1n) is 7.70. The SMILES string of the molecule is CN(CCCCC(=O)O)Cc1ccccc1-c1ccccc1. The third-order valence-corrected chi connectivity index (χ3v) is 3.72. The summed E-state index contributed by atoms with van der Waals surface area (Å²) in [6.45, 7) is 1.79. The molecule has 1 N–H and O–H groups in total. The number of nitrogens with zero attached hydrogens (tertiary/aromatic N) is 1. The van der Waals surface area contributed by atoms with Crippen molar-refractivity contribution < 1.29 is 9.90 Å². The standard InChI is InChI=1S/C19H23NO2/c1-20(14-8-7-13-19(21)22)15-17-11-5-6-12-18(17)16-9-3-2-4-10-16/h2-6,9-12H,7-8,13-15H2,1H3,(H,21,22). The number of carboxylic acids is 1. The zero-order chi connectivity index (χ0) is 15.8. The molecule has 116 valence electrons. The Morgan fingerprint density at radius 3 is 2.41 bits per heavy atom. The molecule has 0 aliphatic heterocycles. The van der Waals surface area contributed by atoms with E-state index in [2.05, 4.69) is 60.5 Å². The second-order valence-corrected chi connectivity index (χ2v) is 5.61. The fourth-order valence-electron chi connectivity index (χ4n) is 2.59. The molecule has 0 heterocycles. The van der Waals surface area contributed by atoms with E-state index in [1.807, 2.05) is 6.07 Å². The summed E-state index contributed by atoms with van der Waals surface area (Å²) in [4.78, 5) is 12.8. The average molecular weight is 297 g/mol. The van der Waals surface area contributed by atoms with Crippen LogP contribution in [-0.2, 0) is 11.3 Å². The number of aliphatic carboxylic acids is 1. The minimum atomic E-state index is -0.711. The molecule has 0 spiro atoms. The molecule has 3 heteroatoms. The van der Waals surface area contributed by atoms with Crippen LogP contribution < -0.4 is 0 Å². The van der Waals surface area contributed by atoms with Crippen LogP contribution in [-0.4, -0.2) is 29.6 Å². The van der Waals surface area contributed by atoms with Crippen LogP contribution in [0, 0.1) is 0 Å². The summed E-state index contributed by atoms with van der Waals surface area (Å²) in [5.41, 5.74) is 3.80. The molecule has 0 fully saturated rings. The van der Waals surface area contributed by atoms with Gasteiger partial charge in [0.15, 0.2) is 0 Å². The third-order valence-electron chi connectivity index (χ3n) is 3.72. The normalized spacial score (nSPS) is 10.8. The molecule has 22 heavy (non-hydrogen) atoms. The predicted octanol–water partition coefficient (Wildman–Crippen LogP) is 4.04. The zero-order valence-electron chi connectivity index (χ0n) is 13.0. The number of carboxylic acid groups (broad SMARTS) is 1. The van der Waals surface area contributed by atoms with E-state index in [9.17, 15) is 4.79 Å². The van der Waals surface area contributed by atoms with Gasteiger partial charge in [-0.25, -0.2) is 0 Å². The quantitative estimate of drug-likeness (QED) is 0.748. The van der Waals surface area contributed by atoms with Gasteiger partial charge in [0.1, 0.15) is 0 Å². The minimum absolute atomic E-state index is 0.258. The average Bonchev–Trinajstić information content (AvgIpc) is 2.53. The summed E-state index contributed by atoms with van der Waals surface area (Å²) in [5.74, 6) is -0.711. The lowest BCUT2D eigenvalue weighted by Crippen LogP contribution is -2.19. The van der Waals surface area contributed by atoms with Crippen molar-refractivity contribution in [2.24, 2.45) is 0 Å². The molecule has 2 rings (SSSR count). The predicted molar refractivity (Wildman–Crippen MR) is 89.7 cm³/mol. The maximum Gasteiger partial charge on any atom is 0.303 e. The van der Waals surface area contributed by atoms with E-state index in [1.165, 1.54) is 16.7 Å². The summed E-state index contributed by atoms with van der Waals surface area (Å²) >= 11 is 0. The Bertz CT molecular complexity index is 595. The van der Waals surface area contributed by atoms with Crippen LogP contribution in [0.1, 0.15) is 24.8 Å². The number of benzene rings is 2. The lowest BCUT2D eigenvalue weighted by atomic mass is 9.99. The second-order valence-electron chi connectivity index (χ2n) is 5.61. The molecular weight excluding hydrogens is 274 g/mol. The van der Waals surface area contributed by atoms with E-state index >= 15 is 0 Å². The first kappa shape index (κ1) is 16.2. The summed E-state index contributed by atoms with van der Waals surface area (Å²) < 4.78 is 0. The van der Waals surface area contributed by atoms with Gasteiger partial charge in [-0.3, -0.25) is 4.79 Å². The Balaban J connectivity index is 1.97. The van der Waals surface area contributed by atoms with Crippen LogP contribution in [0.3, 0.4) is 0 Å². The molecule has 2 aromatic rings. The van der Waals surface area contributed by atoms with Crippen LogP contribution >= 0.6 is 0 Å². The van der Waals surface area contributed by atoms with E-state index in [4.69, 9.17) is 5.11 Å². The van der Waals surface area contributed by atoms with Crippen LogP contribution in [0.4, 0.5) is 0 Å². The van der Waals surface area contributed by atoms with Crippen molar-refractivity contribution in [3.8, 4) is 11.1 Å². The van der Waals surface area contributed by atoms with Crippen molar-refractivity contribution in [1.82, 2.24) is 4.90 Å². The number of hydrogen-bond acceptors (Lipinski definition) is 2. The maximum absolute atomic E-state index is 10.5. The first-order valence-corrected chi connectivity index (χ1v) is 7.70. The molecule has 0 aromatic heterocycles. The highest BCUT2D eigenvalue weighted by Crippen LogP contribution is 2.24. The van der Waals surface area contributed by atoms with E-state index in [1.54, 1.807) is 0 Å². The molecule has 0 aliphatic carbocycles. The van der Waals surface area contributed by atoms with Gasteiger partial charge < -0.3 is 10.0 Å². The highest BCUT2D eigenvalue weighted by Gasteiger charge is 2.07. The van der Waals surface area contributed by atoms with Crippen molar-refractivity contribution in [1.29, 1.82) is 0 Å². The lowest BCUT2D eigenvalue weighted by molar-refractivity contribution is -0.137. The Labute approximate surface area is 132 Å². The summed E-state index contributed by atoms with van der Waals surface area (Å²) in [5, 5.41) is 8.66. The summed E-state index contributed by atoms with van der Waals surface area (Å²) in [6.07, 6.45) is 1.91. The molecular formula is C19H23NO2. The summed E-state index contributed by atoms with van der Waals surface area (Å²) in [7, 11) is 2.09. The maximum atomic E-state index is 10.5. The van der Waals surface area contributed by atoms with Gasteiger partial charge in [-0.2, -0.15) is 0 Å². The van der Waals surface area contributed by atoms with Gasteiger partial charge in [0.2, 0.25) is 0 Å². The van der Waals surface area contributed by atoms with Gasteiger partial charge in [0, 0.05) is 13.0 Å². The smallest absolute Gasteiger partial charge is 0.303 e. The zero-order valence-corrected chi connectivity index (χ0v) is 13.0. The highest BCUT2D eigenvalue weighted by atomic mass is 16.4. The van der Waals surface area contributed by atoms with E-state index < -0.39 is 5.97 Å². The van der Waals surface area contributed by atoms with Crippen molar-refractivity contribution in [3.05, 3.63) is 60.2 Å². The van der Waals surface area contributed by atoms with Crippen LogP contribution in [0.15, 0.2) is 54.6 Å². The van der Waals surface area contributed by atoms with Crippen LogP contribution in [0.5, 0.6) is 0 Å². The molecule has 0 unspecified atom stereocenters. The number of rotatable bonds is 8. The van der Waals surface area contributed by atoms with E-state index in [0.717, 1.165) is 25.9 Å². The van der Waals surface area contributed by atoms with E-state index in [0.29, 0.717) is 0 Å². The molecule has 0 aliphatic rings. The third kappa shape index (κ3) is 5.01. The van der Waals surface area contributed by atoms with Crippen molar-refractivity contribution >= 4 is 5.97 Å². The van der Waals surface area contributed by atoms with Crippen molar-refractivity contribution in [3.63, 3.8) is 0 Å². The number of unbranched alkanes of at least 4 members (excludes halogenated alkanes) is 1. The molecule has 2 aromatic carbocycles. The molecule has 0 atom stereocenters. The molecule has 3 nitrogen and oxygen atoms in total. The van der Waals surface area contributed by atoms with Gasteiger partial charge in [0.25, 0.3) is 0 Å². The number of hydrogen-bond donors (Lipinski definition) is 1. The Morgan fingerprint density at radius 1 is 1.00 bits per heavy atom. The highest BCUT2D eigenvalue weighted by molar-refractivity contribution is 5.67. The van der Waals surface area contributed by atoms with Gasteiger partial charge in [-0.05, 0) is 43.1 Å². The minimum Gasteiger partial charge on any atom is -0.481 e. The number of carbonyl (C=O) groups is 1. The van der Waals surface area contributed by atoms with E-state index in [-0.39, 0.29) is 6.42 Å². The Hall–Kier alpha value is -2.13. The van der Waals surface area contributed by atoms with Crippen molar-refractivity contribution in [2.45, 2.75) is 25.8 Å². The lowest BCUT2D eigenvalue weighted by Gasteiger charge is -2.19. The fourth-order valence-corrected chi connectivity index (χ4v) is 2.59. The molecule has 0 amide bonds. The molecule has 0 saturated heterocycles.